The number of nitrogens with one attached hydrogen (secondary N) is 1. The number of aromatic nitrogens is 4. The van der Waals surface area contributed by atoms with Crippen LogP contribution in [0.25, 0.3) is 11.1 Å². The van der Waals surface area contributed by atoms with E-state index in [0.29, 0.717) is 25.5 Å². The molecule has 0 saturated carbocycles. The Bertz CT molecular complexity index is 837. The van der Waals surface area contributed by atoms with E-state index in [1.165, 1.54) is 0 Å². The maximum absolute atomic E-state index is 12.2. The summed E-state index contributed by atoms with van der Waals surface area (Å²) in [5, 5.41) is 7.56. The van der Waals surface area contributed by atoms with E-state index in [1.807, 2.05) is 34.0 Å². The second kappa shape index (κ2) is 8.64. The highest BCUT2D eigenvalue weighted by atomic mass is 16.6. The van der Waals surface area contributed by atoms with E-state index in [9.17, 15) is 4.79 Å². The zero-order valence-electron chi connectivity index (χ0n) is 17.6. The third kappa shape index (κ3) is 5.80. The Morgan fingerprint density at radius 3 is 2.59 bits per heavy atom. The van der Waals surface area contributed by atoms with Gasteiger partial charge in [-0.15, -0.1) is 0 Å². The number of piperazine rings is 1. The number of hydrogen-bond donors (Lipinski definition) is 2. The molecule has 1 aliphatic heterocycles. The molecular formula is C19H30N8O2. The van der Waals surface area contributed by atoms with Crippen molar-refractivity contribution in [3.8, 4) is 11.1 Å². The second-order valence-electron chi connectivity index (χ2n) is 8.13. The molecule has 158 valence electrons. The minimum Gasteiger partial charge on any atom is -0.444 e. The first-order valence-corrected chi connectivity index (χ1v) is 9.77. The van der Waals surface area contributed by atoms with Gasteiger partial charge in [0.25, 0.3) is 0 Å². The summed E-state index contributed by atoms with van der Waals surface area (Å²) in [6.45, 7) is 10.1. The summed E-state index contributed by atoms with van der Waals surface area (Å²) in [7, 11) is 1.87. The van der Waals surface area contributed by atoms with E-state index in [0.717, 1.165) is 30.8 Å². The lowest BCUT2D eigenvalue weighted by molar-refractivity contribution is 0.0148. The lowest BCUT2D eigenvalue weighted by Crippen LogP contribution is -2.50. The van der Waals surface area contributed by atoms with E-state index < -0.39 is 5.60 Å². The van der Waals surface area contributed by atoms with Gasteiger partial charge in [0.2, 0.25) is 5.95 Å². The largest absolute Gasteiger partial charge is 0.444 e. The fourth-order valence-corrected chi connectivity index (χ4v) is 3.11. The van der Waals surface area contributed by atoms with Gasteiger partial charge in [-0.25, -0.2) is 9.78 Å². The Kier molecular flexibility index (Phi) is 6.21. The Labute approximate surface area is 171 Å². The molecule has 2 aromatic rings. The molecule has 1 aliphatic rings. The van der Waals surface area contributed by atoms with E-state index in [-0.39, 0.29) is 12.0 Å². The van der Waals surface area contributed by atoms with Gasteiger partial charge in [-0.3, -0.25) is 9.58 Å². The van der Waals surface area contributed by atoms with Gasteiger partial charge in [-0.2, -0.15) is 10.1 Å². The van der Waals surface area contributed by atoms with Crippen LogP contribution in [0, 0.1) is 0 Å². The molecule has 0 bridgehead atoms. The highest BCUT2D eigenvalue weighted by molar-refractivity contribution is 5.74. The first-order chi connectivity index (χ1) is 13.7. The maximum Gasteiger partial charge on any atom is 0.410 e. The number of nitrogens with two attached hydrogens (primary N) is 1. The first kappa shape index (κ1) is 20.8. The van der Waals surface area contributed by atoms with Crippen LogP contribution in [0.3, 0.4) is 0 Å². The molecule has 1 saturated heterocycles. The average molecular weight is 403 g/mol. The van der Waals surface area contributed by atoms with Gasteiger partial charge in [0, 0.05) is 69.8 Å². The SMILES string of the molecule is Cn1cc(-c2cnc(N)nc2NCCN2CCN(C(=O)OC(C)(C)C)CC2)cn1. The summed E-state index contributed by atoms with van der Waals surface area (Å²) < 4.78 is 7.18. The number of amides is 1. The van der Waals surface area contributed by atoms with Crippen molar-refractivity contribution < 1.29 is 9.53 Å². The smallest absolute Gasteiger partial charge is 0.410 e. The van der Waals surface area contributed by atoms with Crippen molar-refractivity contribution >= 4 is 17.9 Å². The Balaban J connectivity index is 1.50. The monoisotopic (exact) mass is 402 g/mol. The zero-order valence-corrected chi connectivity index (χ0v) is 17.6. The predicted molar refractivity (Wildman–Crippen MR) is 111 cm³/mol. The van der Waals surface area contributed by atoms with Crippen LogP contribution in [0.1, 0.15) is 20.8 Å². The summed E-state index contributed by atoms with van der Waals surface area (Å²) in [6, 6.07) is 0. The summed E-state index contributed by atoms with van der Waals surface area (Å²) >= 11 is 0. The average Bonchev–Trinajstić information content (AvgIpc) is 3.07. The highest BCUT2D eigenvalue weighted by Crippen LogP contribution is 2.25. The topological polar surface area (TPSA) is 114 Å². The number of carbonyl (C=O) groups excluding carboxylic acids is 1. The Hall–Kier alpha value is -2.88. The van der Waals surface area contributed by atoms with Crippen LogP contribution in [0.15, 0.2) is 18.6 Å². The molecule has 1 fully saturated rings. The molecule has 3 rings (SSSR count). The summed E-state index contributed by atoms with van der Waals surface area (Å²) in [5.74, 6) is 0.920. The normalized spacial score (nSPS) is 15.4. The molecule has 0 aromatic carbocycles. The van der Waals surface area contributed by atoms with Crippen LogP contribution < -0.4 is 11.1 Å². The van der Waals surface area contributed by atoms with Crippen LogP contribution in [0.5, 0.6) is 0 Å². The van der Waals surface area contributed by atoms with E-state index >= 15 is 0 Å². The summed E-state index contributed by atoms with van der Waals surface area (Å²) in [4.78, 5) is 24.7. The zero-order chi connectivity index (χ0) is 21.0. The van der Waals surface area contributed by atoms with Crippen LogP contribution in [0.2, 0.25) is 0 Å². The van der Waals surface area contributed by atoms with Gasteiger partial charge >= 0.3 is 6.09 Å². The van der Waals surface area contributed by atoms with E-state index in [4.69, 9.17) is 10.5 Å². The van der Waals surface area contributed by atoms with Gasteiger partial charge in [0.05, 0.1) is 6.20 Å². The van der Waals surface area contributed by atoms with Gasteiger partial charge in [-0.1, -0.05) is 0 Å². The second-order valence-corrected chi connectivity index (χ2v) is 8.13. The number of anilines is 2. The van der Waals surface area contributed by atoms with Crippen molar-refractivity contribution in [1.29, 1.82) is 0 Å². The molecule has 2 aromatic heterocycles. The number of aryl methyl sites for hydroxylation is 1. The van der Waals surface area contributed by atoms with E-state index in [2.05, 4.69) is 25.3 Å². The van der Waals surface area contributed by atoms with E-state index in [1.54, 1.807) is 22.0 Å². The fraction of sp³-hybridized carbons (Fsp3) is 0.579. The predicted octanol–water partition coefficient (Wildman–Crippen LogP) is 1.42. The van der Waals surface area contributed by atoms with Crippen molar-refractivity contribution in [2.45, 2.75) is 26.4 Å². The molecule has 3 N–H and O–H groups in total. The lowest BCUT2D eigenvalue weighted by Gasteiger charge is -2.35. The minimum atomic E-state index is -0.469. The molecule has 0 unspecified atom stereocenters. The molecule has 3 heterocycles. The molecule has 1 amide bonds. The first-order valence-electron chi connectivity index (χ1n) is 9.77. The van der Waals surface area contributed by atoms with Crippen molar-refractivity contribution in [1.82, 2.24) is 29.5 Å². The number of hydrogen-bond acceptors (Lipinski definition) is 8. The molecule has 10 nitrogen and oxygen atoms in total. The summed E-state index contributed by atoms with van der Waals surface area (Å²) in [6.07, 6.45) is 5.15. The van der Waals surface area contributed by atoms with Crippen molar-refractivity contribution in [2.75, 3.05) is 50.3 Å². The van der Waals surface area contributed by atoms with Crippen LogP contribution in [0.4, 0.5) is 16.6 Å². The highest BCUT2D eigenvalue weighted by Gasteiger charge is 2.25. The summed E-state index contributed by atoms with van der Waals surface area (Å²) in [5.41, 5.74) is 7.10. The minimum absolute atomic E-state index is 0.228. The molecule has 0 radical (unpaired) electrons. The number of nitrogens with zero attached hydrogens (tertiary/aromatic N) is 6. The molecular weight excluding hydrogens is 372 g/mol. The Morgan fingerprint density at radius 1 is 1.24 bits per heavy atom. The molecule has 29 heavy (non-hydrogen) atoms. The van der Waals surface area contributed by atoms with Crippen molar-refractivity contribution in [3.63, 3.8) is 0 Å². The number of rotatable bonds is 5. The van der Waals surface area contributed by atoms with Gasteiger partial charge in [0.1, 0.15) is 11.4 Å². The third-order valence-electron chi connectivity index (χ3n) is 4.57. The van der Waals surface area contributed by atoms with Crippen LogP contribution >= 0.6 is 0 Å². The quantitative estimate of drug-likeness (QED) is 0.772. The van der Waals surface area contributed by atoms with Gasteiger partial charge in [-0.05, 0) is 20.8 Å². The van der Waals surface area contributed by atoms with Crippen LogP contribution in [-0.4, -0.2) is 80.5 Å². The van der Waals surface area contributed by atoms with Crippen molar-refractivity contribution in [3.05, 3.63) is 18.6 Å². The number of nitrogen functional groups attached to an aromatic ring is 1. The maximum atomic E-state index is 12.2. The molecule has 0 atom stereocenters. The molecule has 0 aliphatic carbocycles. The van der Waals surface area contributed by atoms with Crippen molar-refractivity contribution in [2.24, 2.45) is 7.05 Å². The molecule has 10 heteroatoms. The van der Waals surface area contributed by atoms with Crippen LogP contribution in [-0.2, 0) is 11.8 Å². The van der Waals surface area contributed by atoms with Gasteiger partial charge in [0.15, 0.2) is 0 Å². The number of ether oxygens (including phenoxy) is 1. The Morgan fingerprint density at radius 2 is 1.97 bits per heavy atom. The fourth-order valence-electron chi connectivity index (χ4n) is 3.11. The third-order valence-corrected chi connectivity index (χ3v) is 4.57. The molecule has 0 spiro atoms. The standard InChI is InChI=1S/C19H30N8O2/c1-19(2,3)29-18(28)27-9-7-26(8-10-27)6-5-21-16-15(12-22-17(20)24-16)14-11-23-25(4)13-14/h11-13H,5-10H2,1-4H3,(H3,20,21,22,24). The van der Waals surface area contributed by atoms with Gasteiger partial charge < -0.3 is 20.7 Å². The number of carbonyl (C=O) groups is 1. The lowest BCUT2D eigenvalue weighted by atomic mass is 10.2.